The topological polar surface area (TPSA) is 18.5 Å². The molecule has 2 rings (SSSR count). The lowest BCUT2D eigenvalue weighted by atomic mass is 9.80. The van der Waals surface area contributed by atoms with Gasteiger partial charge in [0.15, 0.2) is 0 Å². The lowest BCUT2D eigenvalue weighted by Crippen LogP contribution is -2.53. The Morgan fingerprint density at radius 3 is 2.67 bits per heavy atom. The van der Waals surface area contributed by atoms with E-state index in [1.54, 1.807) is 0 Å². The minimum absolute atomic E-state index is 0.719. The molecular weight excluding hydrogens is 222 g/mol. The summed E-state index contributed by atoms with van der Waals surface area (Å²) >= 11 is 0. The SMILES string of the molecule is CCC1CCC(NC)C(N2CCCN(C)CC2)C1. The van der Waals surface area contributed by atoms with Gasteiger partial charge in [-0.15, -0.1) is 0 Å². The van der Waals surface area contributed by atoms with Gasteiger partial charge in [0.1, 0.15) is 0 Å². The highest BCUT2D eigenvalue weighted by Gasteiger charge is 2.33. The van der Waals surface area contributed by atoms with Crippen LogP contribution in [0.15, 0.2) is 0 Å². The molecule has 1 saturated carbocycles. The summed E-state index contributed by atoms with van der Waals surface area (Å²) in [4.78, 5) is 5.25. The van der Waals surface area contributed by atoms with Gasteiger partial charge >= 0.3 is 0 Å². The number of likely N-dealkylation sites (N-methyl/N-ethyl adjacent to an activating group) is 2. The van der Waals surface area contributed by atoms with E-state index < -0.39 is 0 Å². The van der Waals surface area contributed by atoms with E-state index in [1.165, 1.54) is 58.3 Å². The van der Waals surface area contributed by atoms with Gasteiger partial charge in [0, 0.05) is 25.2 Å². The van der Waals surface area contributed by atoms with Gasteiger partial charge in [0.2, 0.25) is 0 Å². The fourth-order valence-corrected chi connectivity index (χ4v) is 3.74. The summed E-state index contributed by atoms with van der Waals surface area (Å²) in [6, 6.07) is 1.50. The van der Waals surface area contributed by atoms with E-state index in [-0.39, 0.29) is 0 Å². The van der Waals surface area contributed by atoms with Gasteiger partial charge in [0.05, 0.1) is 0 Å². The predicted molar refractivity (Wildman–Crippen MR) is 78.0 cm³/mol. The largest absolute Gasteiger partial charge is 0.315 e. The zero-order valence-electron chi connectivity index (χ0n) is 12.5. The van der Waals surface area contributed by atoms with Crippen LogP contribution in [0.4, 0.5) is 0 Å². The second kappa shape index (κ2) is 6.88. The Bertz CT molecular complexity index is 244. The summed E-state index contributed by atoms with van der Waals surface area (Å²) in [5.74, 6) is 0.959. The van der Waals surface area contributed by atoms with E-state index in [1.807, 2.05) is 0 Å². The molecule has 0 aromatic rings. The number of hydrogen-bond donors (Lipinski definition) is 1. The van der Waals surface area contributed by atoms with E-state index >= 15 is 0 Å². The zero-order chi connectivity index (χ0) is 13.0. The first-order chi connectivity index (χ1) is 8.74. The number of nitrogens with zero attached hydrogens (tertiary/aromatic N) is 2. The fourth-order valence-electron chi connectivity index (χ4n) is 3.74. The molecule has 2 fully saturated rings. The van der Waals surface area contributed by atoms with Crippen LogP contribution in [0.3, 0.4) is 0 Å². The molecule has 0 radical (unpaired) electrons. The van der Waals surface area contributed by atoms with Gasteiger partial charge in [-0.3, -0.25) is 4.90 Å². The van der Waals surface area contributed by atoms with Crippen molar-refractivity contribution in [2.24, 2.45) is 5.92 Å². The third-order valence-electron chi connectivity index (χ3n) is 5.10. The van der Waals surface area contributed by atoms with Crippen molar-refractivity contribution in [2.45, 2.75) is 51.1 Å². The average molecular weight is 253 g/mol. The molecule has 1 N–H and O–H groups in total. The molecule has 3 heteroatoms. The molecule has 3 atom stereocenters. The van der Waals surface area contributed by atoms with Gasteiger partial charge in [-0.25, -0.2) is 0 Å². The standard InChI is InChI=1S/C15H31N3/c1-4-13-6-7-14(16-2)15(12-13)18-9-5-8-17(3)10-11-18/h13-16H,4-12H2,1-3H3. The summed E-state index contributed by atoms with van der Waals surface area (Å²) in [5, 5.41) is 3.57. The highest BCUT2D eigenvalue weighted by Crippen LogP contribution is 2.30. The quantitative estimate of drug-likeness (QED) is 0.827. The third-order valence-corrected chi connectivity index (χ3v) is 5.10. The van der Waals surface area contributed by atoms with Crippen LogP contribution in [-0.4, -0.2) is 62.2 Å². The maximum Gasteiger partial charge on any atom is 0.0252 e. The van der Waals surface area contributed by atoms with Crippen LogP contribution < -0.4 is 5.32 Å². The van der Waals surface area contributed by atoms with Crippen LogP contribution in [0.5, 0.6) is 0 Å². The summed E-state index contributed by atoms with van der Waals surface area (Å²) in [5.41, 5.74) is 0. The first kappa shape index (κ1) is 14.3. The van der Waals surface area contributed by atoms with Crippen molar-refractivity contribution in [3.63, 3.8) is 0 Å². The summed E-state index contributed by atoms with van der Waals surface area (Å²) in [7, 11) is 4.41. The first-order valence-corrected chi connectivity index (χ1v) is 7.84. The van der Waals surface area contributed by atoms with E-state index in [0.29, 0.717) is 0 Å². The molecule has 0 bridgehead atoms. The van der Waals surface area contributed by atoms with E-state index in [4.69, 9.17) is 0 Å². The molecule has 3 unspecified atom stereocenters. The monoisotopic (exact) mass is 253 g/mol. The molecule has 1 aliphatic heterocycles. The van der Waals surface area contributed by atoms with Crippen LogP contribution in [0.25, 0.3) is 0 Å². The Labute approximate surface area is 113 Å². The van der Waals surface area contributed by atoms with Crippen molar-refractivity contribution in [2.75, 3.05) is 40.3 Å². The smallest absolute Gasteiger partial charge is 0.0252 e. The highest BCUT2D eigenvalue weighted by molar-refractivity contribution is 4.91. The Hall–Kier alpha value is -0.120. The van der Waals surface area contributed by atoms with E-state index in [0.717, 1.165) is 18.0 Å². The molecule has 106 valence electrons. The fraction of sp³-hybridized carbons (Fsp3) is 1.00. The molecule has 1 heterocycles. The maximum absolute atomic E-state index is 3.57. The number of rotatable bonds is 3. The Balaban J connectivity index is 1.97. The summed E-state index contributed by atoms with van der Waals surface area (Å²) in [6.45, 7) is 7.42. The average Bonchev–Trinajstić information content (AvgIpc) is 2.62. The van der Waals surface area contributed by atoms with E-state index in [9.17, 15) is 0 Å². The maximum atomic E-state index is 3.57. The van der Waals surface area contributed by atoms with Crippen LogP contribution in [-0.2, 0) is 0 Å². The van der Waals surface area contributed by atoms with Crippen molar-refractivity contribution in [3.8, 4) is 0 Å². The van der Waals surface area contributed by atoms with E-state index in [2.05, 4.69) is 36.1 Å². The number of hydrogen-bond acceptors (Lipinski definition) is 3. The second-order valence-corrected chi connectivity index (χ2v) is 6.24. The molecule has 3 nitrogen and oxygen atoms in total. The predicted octanol–water partition coefficient (Wildman–Crippen LogP) is 1.79. The van der Waals surface area contributed by atoms with Gasteiger partial charge in [0.25, 0.3) is 0 Å². The summed E-state index contributed by atoms with van der Waals surface area (Å²) < 4.78 is 0. The second-order valence-electron chi connectivity index (χ2n) is 6.24. The Morgan fingerprint density at radius 1 is 1.11 bits per heavy atom. The normalized spacial score (nSPS) is 36.5. The minimum Gasteiger partial charge on any atom is -0.315 e. The molecule has 2 aliphatic rings. The number of nitrogens with one attached hydrogen (secondary N) is 1. The van der Waals surface area contributed by atoms with Crippen LogP contribution >= 0.6 is 0 Å². The van der Waals surface area contributed by atoms with Gasteiger partial charge < -0.3 is 10.2 Å². The highest BCUT2D eigenvalue weighted by atomic mass is 15.2. The van der Waals surface area contributed by atoms with Crippen LogP contribution in [0.2, 0.25) is 0 Å². The van der Waals surface area contributed by atoms with Gasteiger partial charge in [-0.2, -0.15) is 0 Å². The molecule has 0 spiro atoms. The van der Waals surface area contributed by atoms with Gasteiger partial charge in [-0.1, -0.05) is 13.3 Å². The Morgan fingerprint density at radius 2 is 1.94 bits per heavy atom. The zero-order valence-corrected chi connectivity index (χ0v) is 12.5. The third kappa shape index (κ3) is 3.46. The van der Waals surface area contributed by atoms with Crippen LogP contribution in [0.1, 0.15) is 39.0 Å². The molecule has 1 aliphatic carbocycles. The Kier molecular flexibility index (Phi) is 5.46. The molecular formula is C15H31N3. The molecule has 18 heavy (non-hydrogen) atoms. The van der Waals surface area contributed by atoms with Crippen molar-refractivity contribution >= 4 is 0 Å². The lowest BCUT2D eigenvalue weighted by molar-refractivity contribution is 0.102. The molecule has 1 saturated heterocycles. The van der Waals surface area contributed by atoms with Crippen molar-refractivity contribution in [1.82, 2.24) is 15.1 Å². The van der Waals surface area contributed by atoms with Crippen molar-refractivity contribution < 1.29 is 0 Å². The van der Waals surface area contributed by atoms with Crippen molar-refractivity contribution in [3.05, 3.63) is 0 Å². The van der Waals surface area contributed by atoms with Crippen LogP contribution in [0, 0.1) is 5.92 Å². The molecule has 0 aromatic heterocycles. The molecule has 0 aromatic carbocycles. The minimum atomic E-state index is 0.719. The van der Waals surface area contributed by atoms with Gasteiger partial charge in [-0.05, 0) is 58.8 Å². The summed E-state index contributed by atoms with van der Waals surface area (Å²) in [6.07, 6.45) is 6.89. The lowest BCUT2D eigenvalue weighted by Gasteiger charge is -2.42. The molecule has 0 amide bonds. The van der Waals surface area contributed by atoms with Crippen molar-refractivity contribution in [1.29, 1.82) is 0 Å². The first-order valence-electron chi connectivity index (χ1n) is 7.84.